The minimum atomic E-state index is -0.899. The average molecular weight is 296 g/mol. The normalized spacial score (nSPS) is 12.3. The second-order valence-corrected chi connectivity index (χ2v) is 5.95. The molecule has 3 nitrogen and oxygen atoms in total. The lowest BCUT2D eigenvalue weighted by Gasteiger charge is -2.13. The van der Waals surface area contributed by atoms with Crippen LogP contribution in [0.1, 0.15) is 33.8 Å². The lowest BCUT2D eigenvalue weighted by Crippen LogP contribution is -2.19. The lowest BCUT2D eigenvalue weighted by molar-refractivity contribution is 0.0695. The number of carboxylic acids is 1. The molecule has 0 aliphatic rings. The van der Waals surface area contributed by atoms with Crippen LogP contribution in [0.25, 0.3) is 0 Å². The van der Waals surface area contributed by atoms with Crippen molar-refractivity contribution in [2.75, 3.05) is 0 Å². The van der Waals surface area contributed by atoms with E-state index in [4.69, 9.17) is 16.7 Å². The molecule has 1 aromatic heterocycles. The summed E-state index contributed by atoms with van der Waals surface area (Å²) in [5.74, 6) is -0.899. The average Bonchev–Trinajstić information content (AvgIpc) is 2.83. The highest BCUT2D eigenvalue weighted by atomic mass is 35.5. The quantitative estimate of drug-likeness (QED) is 0.878. The van der Waals surface area contributed by atoms with Crippen molar-refractivity contribution in [2.24, 2.45) is 0 Å². The van der Waals surface area contributed by atoms with Gasteiger partial charge in [-0.2, -0.15) is 0 Å². The third kappa shape index (κ3) is 3.56. The first-order valence-corrected chi connectivity index (χ1v) is 7.07. The molecule has 5 heteroatoms. The van der Waals surface area contributed by atoms with E-state index in [-0.39, 0.29) is 6.04 Å². The van der Waals surface area contributed by atoms with Crippen LogP contribution in [-0.2, 0) is 6.54 Å². The van der Waals surface area contributed by atoms with Crippen molar-refractivity contribution in [3.05, 3.63) is 56.7 Å². The highest BCUT2D eigenvalue weighted by Crippen LogP contribution is 2.26. The van der Waals surface area contributed by atoms with Crippen LogP contribution >= 0.6 is 22.9 Å². The van der Waals surface area contributed by atoms with Gasteiger partial charge >= 0.3 is 5.97 Å². The number of halogens is 1. The van der Waals surface area contributed by atoms with Gasteiger partial charge in [-0.1, -0.05) is 29.8 Å². The summed E-state index contributed by atoms with van der Waals surface area (Å²) in [6, 6.07) is 11.0. The molecule has 0 bridgehead atoms. The summed E-state index contributed by atoms with van der Waals surface area (Å²) in [6.07, 6.45) is 0. The molecular weight excluding hydrogens is 282 g/mol. The Hall–Kier alpha value is -1.36. The van der Waals surface area contributed by atoms with Gasteiger partial charge in [0.25, 0.3) is 0 Å². The molecule has 0 radical (unpaired) electrons. The van der Waals surface area contributed by atoms with Gasteiger partial charge in [0, 0.05) is 17.5 Å². The number of aromatic carboxylic acids is 1. The van der Waals surface area contributed by atoms with Gasteiger partial charge in [0.15, 0.2) is 0 Å². The summed E-state index contributed by atoms with van der Waals surface area (Å²) in [7, 11) is 0. The fraction of sp³-hybridized carbons (Fsp3) is 0.214. The predicted octanol–water partition coefficient (Wildman–Crippen LogP) is 3.95. The first kappa shape index (κ1) is 14.1. The zero-order chi connectivity index (χ0) is 13.8. The maximum absolute atomic E-state index is 11.1. The summed E-state index contributed by atoms with van der Waals surface area (Å²) in [5.41, 5.74) is 1.12. The van der Waals surface area contributed by atoms with Crippen molar-refractivity contribution in [1.29, 1.82) is 0 Å². The zero-order valence-electron chi connectivity index (χ0n) is 10.4. The van der Waals surface area contributed by atoms with Crippen molar-refractivity contribution in [3.8, 4) is 0 Å². The van der Waals surface area contributed by atoms with Crippen LogP contribution in [0.4, 0.5) is 0 Å². The van der Waals surface area contributed by atoms with Gasteiger partial charge < -0.3 is 10.4 Å². The minimum absolute atomic E-state index is 0.138. The molecule has 0 amide bonds. The molecule has 0 spiro atoms. The Morgan fingerprint density at radius 1 is 1.37 bits per heavy atom. The molecule has 1 unspecified atom stereocenters. The van der Waals surface area contributed by atoms with Crippen LogP contribution < -0.4 is 5.32 Å². The number of benzene rings is 1. The molecule has 1 aromatic carbocycles. The fourth-order valence-corrected chi connectivity index (χ4v) is 2.90. The predicted molar refractivity (Wildman–Crippen MR) is 78.0 cm³/mol. The standard InChI is InChI=1S/C14H14ClNO2S/c1-9(12-6-7-13(15)19-12)16-8-10-4-2-3-5-11(10)14(17)18/h2-7,9,16H,8H2,1H3,(H,17,18). The van der Waals surface area contributed by atoms with E-state index >= 15 is 0 Å². The van der Waals surface area contributed by atoms with Crippen molar-refractivity contribution in [3.63, 3.8) is 0 Å². The summed E-state index contributed by atoms with van der Waals surface area (Å²) in [5, 5.41) is 12.4. The molecule has 1 heterocycles. The summed E-state index contributed by atoms with van der Waals surface area (Å²) >= 11 is 7.43. The largest absolute Gasteiger partial charge is 0.478 e. The third-order valence-electron chi connectivity index (χ3n) is 2.87. The SMILES string of the molecule is CC(NCc1ccccc1C(=O)O)c1ccc(Cl)s1. The van der Waals surface area contributed by atoms with Gasteiger partial charge in [-0.15, -0.1) is 11.3 Å². The molecule has 100 valence electrons. The van der Waals surface area contributed by atoms with E-state index in [2.05, 4.69) is 5.32 Å². The molecule has 2 aromatic rings. The molecule has 1 atom stereocenters. The topological polar surface area (TPSA) is 49.3 Å². The Morgan fingerprint density at radius 3 is 2.74 bits per heavy atom. The Labute approximate surface area is 120 Å². The Morgan fingerprint density at radius 2 is 2.11 bits per heavy atom. The molecule has 19 heavy (non-hydrogen) atoms. The number of nitrogens with one attached hydrogen (secondary N) is 1. The number of hydrogen-bond donors (Lipinski definition) is 2. The van der Waals surface area contributed by atoms with E-state index in [1.807, 2.05) is 31.2 Å². The molecule has 2 rings (SSSR count). The molecule has 0 fully saturated rings. The summed E-state index contributed by atoms with van der Waals surface area (Å²) in [6.45, 7) is 2.55. The van der Waals surface area contributed by atoms with Crippen LogP contribution in [-0.4, -0.2) is 11.1 Å². The van der Waals surface area contributed by atoms with E-state index in [0.717, 1.165) is 14.8 Å². The maximum atomic E-state index is 11.1. The van der Waals surface area contributed by atoms with Crippen LogP contribution in [0, 0.1) is 0 Å². The van der Waals surface area contributed by atoms with Gasteiger partial charge in [0.05, 0.1) is 9.90 Å². The van der Waals surface area contributed by atoms with Gasteiger partial charge in [-0.3, -0.25) is 0 Å². The van der Waals surface area contributed by atoms with Gasteiger partial charge in [0.2, 0.25) is 0 Å². The monoisotopic (exact) mass is 295 g/mol. The molecule has 0 aliphatic heterocycles. The van der Waals surface area contributed by atoms with Crippen molar-refractivity contribution < 1.29 is 9.90 Å². The first-order valence-electron chi connectivity index (χ1n) is 5.87. The number of carbonyl (C=O) groups is 1. The van der Waals surface area contributed by atoms with Crippen LogP contribution in [0.2, 0.25) is 4.34 Å². The number of carboxylic acid groups (broad SMARTS) is 1. The van der Waals surface area contributed by atoms with E-state index in [0.29, 0.717) is 12.1 Å². The van der Waals surface area contributed by atoms with E-state index in [1.165, 1.54) is 11.3 Å². The molecule has 0 aliphatic carbocycles. The van der Waals surface area contributed by atoms with E-state index in [9.17, 15) is 4.79 Å². The van der Waals surface area contributed by atoms with Crippen LogP contribution in [0.15, 0.2) is 36.4 Å². The first-order chi connectivity index (χ1) is 9.08. The van der Waals surface area contributed by atoms with Gasteiger partial charge in [-0.25, -0.2) is 4.79 Å². The van der Waals surface area contributed by atoms with E-state index in [1.54, 1.807) is 12.1 Å². The molecular formula is C14H14ClNO2S. The maximum Gasteiger partial charge on any atom is 0.336 e. The highest BCUT2D eigenvalue weighted by molar-refractivity contribution is 7.16. The Bertz CT molecular complexity index is 582. The summed E-state index contributed by atoms with van der Waals surface area (Å²) in [4.78, 5) is 12.2. The van der Waals surface area contributed by atoms with Gasteiger partial charge in [0.1, 0.15) is 0 Å². The smallest absolute Gasteiger partial charge is 0.336 e. The zero-order valence-corrected chi connectivity index (χ0v) is 12.0. The van der Waals surface area contributed by atoms with Crippen LogP contribution in [0.5, 0.6) is 0 Å². The summed E-state index contributed by atoms with van der Waals surface area (Å²) < 4.78 is 0.759. The third-order valence-corrected chi connectivity index (χ3v) is 4.28. The molecule has 2 N–H and O–H groups in total. The second-order valence-electron chi connectivity index (χ2n) is 4.21. The fourth-order valence-electron chi connectivity index (χ4n) is 1.81. The molecule has 0 saturated carbocycles. The number of rotatable bonds is 5. The van der Waals surface area contributed by atoms with Crippen LogP contribution in [0.3, 0.4) is 0 Å². The van der Waals surface area contributed by atoms with Gasteiger partial charge in [-0.05, 0) is 30.7 Å². The lowest BCUT2D eigenvalue weighted by atomic mass is 10.1. The second kappa shape index (κ2) is 6.19. The van der Waals surface area contributed by atoms with Crippen molar-refractivity contribution >= 4 is 28.9 Å². The molecule has 0 saturated heterocycles. The van der Waals surface area contributed by atoms with Crippen molar-refractivity contribution in [1.82, 2.24) is 5.32 Å². The van der Waals surface area contributed by atoms with E-state index < -0.39 is 5.97 Å². The highest BCUT2D eigenvalue weighted by Gasteiger charge is 2.11. The minimum Gasteiger partial charge on any atom is -0.478 e. The Balaban J connectivity index is 2.05. The van der Waals surface area contributed by atoms with Crippen molar-refractivity contribution in [2.45, 2.75) is 19.5 Å². The Kier molecular flexibility index (Phi) is 4.58. The number of hydrogen-bond acceptors (Lipinski definition) is 3. The number of thiophene rings is 1.